The molecule has 1 aliphatic rings. The Morgan fingerprint density at radius 1 is 1.19 bits per heavy atom. The molecule has 0 bridgehead atoms. The number of fused-ring (bicyclic) bond motifs is 1. The summed E-state index contributed by atoms with van der Waals surface area (Å²) >= 11 is 11.5. The van der Waals surface area contributed by atoms with Gasteiger partial charge in [-0.1, -0.05) is 23.2 Å². The van der Waals surface area contributed by atoms with Crippen LogP contribution in [0.1, 0.15) is 16.1 Å². The minimum absolute atomic E-state index is 0.0270. The molecule has 0 aliphatic carbocycles. The van der Waals surface area contributed by atoms with Crippen molar-refractivity contribution in [3.05, 3.63) is 57.6 Å². The van der Waals surface area contributed by atoms with Crippen molar-refractivity contribution in [2.75, 3.05) is 4.90 Å². The first-order valence-corrected chi connectivity index (χ1v) is 6.68. The van der Waals surface area contributed by atoms with Gasteiger partial charge >= 0.3 is 0 Å². The third-order valence-corrected chi connectivity index (χ3v) is 3.64. The number of pyridine rings is 1. The number of ketones is 1. The minimum atomic E-state index is -0.742. The highest BCUT2D eigenvalue weighted by atomic mass is 35.5. The molecule has 0 unspecified atom stereocenters. The maximum atomic E-state index is 13.6. The molecular weight excluding hydrogens is 318 g/mol. The maximum absolute atomic E-state index is 13.6. The topological polar surface area (TPSA) is 50.3 Å². The van der Waals surface area contributed by atoms with E-state index >= 15 is 0 Å². The van der Waals surface area contributed by atoms with Gasteiger partial charge in [0, 0.05) is 11.2 Å². The van der Waals surface area contributed by atoms with Crippen LogP contribution in [0.15, 0.2) is 30.5 Å². The Bertz CT molecular complexity index is 780. The summed E-state index contributed by atoms with van der Waals surface area (Å²) in [4.78, 5) is 29.2. The molecule has 0 fully saturated rings. The third-order valence-electron chi connectivity index (χ3n) is 3.11. The highest BCUT2D eigenvalue weighted by Gasteiger charge is 2.37. The number of aromatic nitrogens is 1. The molecule has 0 N–H and O–H groups in total. The molecule has 1 aliphatic heterocycles. The van der Waals surface area contributed by atoms with Gasteiger partial charge < -0.3 is 0 Å². The molecule has 0 saturated heterocycles. The van der Waals surface area contributed by atoms with Gasteiger partial charge in [-0.15, -0.1) is 0 Å². The Balaban J connectivity index is 2.03. The predicted octanol–water partition coefficient (Wildman–Crippen LogP) is 3.26. The van der Waals surface area contributed by atoms with Crippen LogP contribution in [0, 0.1) is 5.82 Å². The molecule has 0 spiro atoms. The van der Waals surface area contributed by atoms with Gasteiger partial charge in [0.05, 0.1) is 28.5 Å². The lowest BCUT2D eigenvalue weighted by molar-refractivity contribution is -0.114. The molecule has 0 atom stereocenters. The fourth-order valence-electron chi connectivity index (χ4n) is 2.14. The van der Waals surface area contributed by atoms with E-state index in [2.05, 4.69) is 4.98 Å². The van der Waals surface area contributed by atoms with Crippen molar-refractivity contribution in [3.8, 4) is 0 Å². The summed E-state index contributed by atoms with van der Waals surface area (Å²) in [5, 5.41) is 0.262. The molecular formula is C14H7Cl2FN2O2. The van der Waals surface area contributed by atoms with E-state index in [1.54, 1.807) is 12.1 Å². The number of halogens is 3. The van der Waals surface area contributed by atoms with Crippen LogP contribution in [0.4, 0.5) is 10.1 Å². The number of carbonyl (C=O) groups excluding carboxylic acids is 2. The van der Waals surface area contributed by atoms with Crippen LogP contribution in [0.25, 0.3) is 0 Å². The van der Waals surface area contributed by atoms with Crippen molar-refractivity contribution in [1.29, 1.82) is 0 Å². The van der Waals surface area contributed by atoms with Crippen LogP contribution in [0.5, 0.6) is 0 Å². The van der Waals surface area contributed by atoms with Gasteiger partial charge in [0.15, 0.2) is 0 Å². The number of amides is 1. The summed E-state index contributed by atoms with van der Waals surface area (Å²) in [6.07, 6.45) is 1.49. The van der Waals surface area contributed by atoms with E-state index in [-0.39, 0.29) is 22.8 Å². The zero-order valence-electron chi connectivity index (χ0n) is 10.4. The van der Waals surface area contributed by atoms with Gasteiger partial charge in [-0.05, 0) is 24.3 Å². The second-order valence-electron chi connectivity index (χ2n) is 4.47. The molecule has 21 heavy (non-hydrogen) atoms. The largest absolute Gasteiger partial charge is 0.299 e. The second-order valence-corrected chi connectivity index (χ2v) is 5.31. The average molecular weight is 325 g/mol. The van der Waals surface area contributed by atoms with Gasteiger partial charge in [0.1, 0.15) is 5.82 Å². The number of rotatable bonds is 2. The lowest BCUT2D eigenvalue weighted by atomic mass is 10.1. The smallest absolute Gasteiger partial charge is 0.299 e. The Morgan fingerprint density at radius 3 is 2.67 bits per heavy atom. The van der Waals surface area contributed by atoms with Crippen molar-refractivity contribution in [2.45, 2.75) is 6.54 Å². The first-order chi connectivity index (χ1) is 9.97. The van der Waals surface area contributed by atoms with Crippen molar-refractivity contribution < 1.29 is 14.0 Å². The van der Waals surface area contributed by atoms with Crippen molar-refractivity contribution in [1.82, 2.24) is 4.98 Å². The number of hydrogen-bond donors (Lipinski definition) is 0. The highest BCUT2D eigenvalue weighted by Crippen LogP contribution is 2.34. The fourth-order valence-corrected chi connectivity index (χ4v) is 2.49. The van der Waals surface area contributed by atoms with Gasteiger partial charge in [-0.2, -0.15) is 0 Å². The average Bonchev–Trinajstić information content (AvgIpc) is 2.65. The van der Waals surface area contributed by atoms with Crippen molar-refractivity contribution in [2.24, 2.45) is 0 Å². The quantitative estimate of drug-likeness (QED) is 0.797. The molecule has 1 aromatic carbocycles. The second kappa shape index (κ2) is 5.09. The first-order valence-electron chi connectivity index (χ1n) is 5.93. The Morgan fingerprint density at radius 2 is 1.95 bits per heavy atom. The minimum Gasteiger partial charge on any atom is -0.299 e. The van der Waals surface area contributed by atoms with E-state index in [0.29, 0.717) is 10.7 Å². The van der Waals surface area contributed by atoms with E-state index in [1.807, 2.05) is 0 Å². The summed E-state index contributed by atoms with van der Waals surface area (Å²) in [6.45, 7) is 0.0270. The van der Waals surface area contributed by atoms with E-state index in [1.165, 1.54) is 6.20 Å². The number of benzene rings is 1. The highest BCUT2D eigenvalue weighted by molar-refractivity contribution is 6.52. The first kappa shape index (κ1) is 14.0. The summed E-state index contributed by atoms with van der Waals surface area (Å²) in [6, 6.07) is 5.40. The van der Waals surface area contributed by atoms with E-state index in [4.69, 9.17) is 23.2 Å². The van der Waals surface area contributed by atoms with Crippen molar-refractivity contribution >= 4 is 40.6 Å². The summed E-state index contributed by atoms with van der Waals surface area (Å²) in [7, 11) is 0. The fraction of sp³-hybridized carbons (Fsp3) is 0.0714. The van der Waals surface area contributed by atoms with Crippen LogP contribution in [0.3, 0.4) is 0 Å². The van der Waals surface area contributed by atoms with Gasteiger partial charge in [-0.25, -0.2) is 4.39 Å². The zero-order valence-corrected chi connectivity index (χ0v) is 12.0. The summed E-state index contributed by atoms with van der Waals surface area (Å²) in [5.74, 6) is -2.15. The third kappa shape index (κ3) is 2.39. The Kier molecular flexibility index (Phi) is 3.39. The molecule has 106 valence electrons. The van der Waals surface area contributed by atoms with Crippen molar-refractivity contribution in [3.63, 3.8) is 0 Å². The normalized spacial score (nSPS) is 13.8. The molecule has 1 aromatic heterocycles. The van der Waals surface area contributed by atoms with Crippen LogP contribution in [-0.2, 0) is 11.3 Å². The molecule has 0 radical (unpaired) electrons. The van der Waals surface area contributed by atoms with Gasteiger partial charge in [-0.3, -0.25) is 19.5 Å². The maximum Gasteiger partial charge on any atom is 0.299 e. The van der Waals surface area contributed by atoms with Crippen LogP contribution in [-0.4, -0.2) is 16.7 Å². The molecule has 2 heterocycles. The SMILES string of the molecule is O=C1C(=O)N(Cc2cc(Cl)ccn2)c2cc(F)c(Cl)cc21. The van der Waals surface area contributed by atoms with Gasteiger partial charge in [0.25, 0.3) is 11.7 Å². The number of hydrogen-bond acceptors (Lipinski definition) is 3. The van der Waals surface area contributed by atoms with Gasteiger partial charge in [0.2, 0.25) is 0 Å². The monoisotopic (exact) mass is 324 g/mol. The Labute approximate surface area is 129 Å². The standard InChI is InChI=1S/C14H7Cl2FN2O2/c15-7-1-2-18-8(3-7)6-19-12-5-11(17)10(16)4-9(12)13(20)14(19)21/h1-5H,6H2. The summed E-state index contributed by atoms with van der Waals surface area (Å²) in [5.41, 5.74) is 0.772. The molecule has 1 amide bonds. The van der Waals surface area contributed by atoms with E-state index in [0.717, 1.165) is 17.0 Å². The van der Waals surface area contributed by atoms with Crippen LogP contribution < -0.4 is 4.90 Å². The number of anilines is 1. The lowest BCUT2D eigenvalue weighted by Gasteiger charge is -2.16. The molecule has 3 rings (SSSR count). The van der Waals surface area contributed by atoms with Crippen LogP contribution >= 0.6 is 23.2 Å². The number of carbonyl (C=O) groups is 2. The molecule has 2 aromatic rings. The lowest BCUT2D eigenvalue weighted by Crippen LogP contribution is -2.29. The summed E-state index contributed by atoms with van der Waals surface area (Å²) < 4.78 is 13.6. The van der Waals surface area contributed by atoms with E-state index < -0.39 is 17.5 Å². The molecule has 4 nitrogen and oxygen atoms in total. The van der Waals surface area contributed by atoms with Crippen LogP contribution in [0.2, 0.25) is 10.0 Å². The van der Waals surface area contributed by atoms with E-state index in [9.17, 15) is 14.0 Å². The Hall–Kier alpha value is -1.98. The molecule has 7 heteroatoms. The zero-order chi connectivity index (χ0) is 15.1. The molecule has 0 saturated carbocycles. The number of nitrogens with zero attached hydrogens (tertiary/aromatic N) is 2. The number of Topliss-reactive ketones (excluding diaryl/α,β-unsaturated/α-hetero) is 1. The predicted molar refractivity (Wildman–Crippen MR) is 76.2 cm³/mol.